The molecule has 0 bridgehead atoms. The van der Waals surface area contributed by atoms with Crippen LogP contribution in [0.5, 0.6) is 5.75 Å². The van der Waals surface area contributed by atoms with Crippen molar-refractivity contribution >= 4 is 21.6 Å². The molecule has 160 valence electrons. The van der Waals surface area contributed by atoms with E-state index in [0.717, 1.165) is 0 Å². The highest BCUT2D eigenvalue weighted by Crippen LogP contribution is 2.45. The lowest BCUT2D eigenvalue weighted by molar-refractivity contribution is -0.154. The lowest BCUT2D eigenvalue weighted by atomic mass is 9.98. The molecule has 13 heteroatoms. The van der Waals surface area contributed by atoms with Gasteiger partial charge < -0.3 is 9.26 Å². The number of rotatable bonds is 4. The van der Waals surface area contributed by atoms with Crippen molar-refractivity contribution in [3.05, 3.63) is 52.7 Å². The molecule has 3 rings (SSSR count). The van der Waals surface area contributed by atoms with Gasteiger partial charge >= 0.3 is 6.18 Å². The summed E-state index contributed by atoms with van der Waals surface area (Å²) < 4.78 is 101. The Morgan fingerprint density at radius 1 is 1.13 bits per heavy atom. The van der Waals surface area contributed by atoms with Crippen LogP contribution >= 0.6 is 11.6 Å². The van der Waals surface area contributed by atoms with E-state index in [0.29, 0.717) is 0 Å². The molecule has 0 aliphatic rings. The SMILES string of the molecule is COc1cc(-c2noc(C(F)(F)F)c2-c2cc(F)c(S(N)(=O)=O)cc2F)ccc1Cl. The third-order valence-electron chi connectivity index (χ3n) is 3.97. The molecular formula is C17H10ClF5N2O4S. The molecule has 0 aliphatic carbocycles. The minimum atomic E-state index is -5.13. The number of benzene rings is 2. The molecule has 0 aliphatic heterocycles. The number of hydrogen-bond acceptors (Lipinski definition) is 5. The van der Waals surface area contributed by atoms with Gasteiger partial charge in [-0.05, 0) is 24.3 Å². The zero-order valence-corrected chi connectivity index (χ0v) is 16.3. The van der Waals surface area contributed by atoms with Crippen LogP contribution in [0.4, 0.5) is 22.0 Å². The topological polar surface area (TPSA) is 95.4 Å². The van der Waals surface area contributed by atoms with Gasteiger partial charge in [-0.25, -0.2) is 22.3 Å². The molecule has 0 amide bonds. The van der Waals surface area contributed by atoms with Crippen LogP contribution in [0.3, 0.4) is 0 Å². The molecule has 0 radical (unpaired) electrons. The molecule has 0 saturated carbocycles. The van der Waals surface area contributed by atoms with Crippen LogP contribution in [-0.2, 0) is 16.2 Å². The molecule has 0 spiro atoms. The van der Waals surface area contributed by atoms with Crippen molar-refractivity contribution in [2.24, 2.45) is 5.14 Å². The normalized spacial score (nSPS) is 12.3. The Hall–Kier alpha value is -2.70. The Bertz CT molecular complexity index is 1240. The van der Waals surface area contributed by atoms with Crippen LogP contribution in [0.2, 0.25) is 5.02 Å². The molecular weight excluding hydrogens is 459 g/mol. The first-order chi connectivity index (χ1) is 13.8. The average molecular weight is 469 g/mol. The summed E-state index contributed by atoms with van der Waals surface area (Å²) in [5.41, 5.74) is -2.39. The number of halogens is 6. The predicted octanol–water partition coefficient (Wildman–Crippen LogP) is 4.62. The highest BCUT2D eigenvalue weighted by atomic mass is 35.5. The largest absolute Gasteiger partial charge is 0.495 e. The second-order valence-corrected chi connectivity index (χ2v) is 7.83. The molecule has 3 aromatic rings. The van der Waals surface area contributed by atoms with Gasteiger partial charge in [0.1, 0.15) is 28.0 Å². The Balaban J connectivity index is 2.35. The number of nitrogens with two attached hydrogens (primary N) is 1. The maximum Gasteiger partial charge on any atom is 0.453 e. The van der Waals surface area contributed by atoms with E-state index in [1.54, 1.807) is 0 Å². The molecule has 0 saturated heterocycles. The number of nitrogens with zero attached hydrogens (tertiary/aromatic N) is 1. The number of methoxy groups -OCH3 is 1. The summed E-state index contributed by atoms with van der Waals surface area (Å²) in [7, 11) is -3.40. The van der Waals surface area contributed by atoms with Crippen LogP contribution in [0.1, 0.15) is 5.76 Å². The van der Waals surface area contributed by atoms with Crippen LogP contribution in [0.25, 0.3) is 22.4 Å². The van der Waals surface area contributed by atoms with E-state index in [2.05, 4.69) is 9.68 Å². The summed E-state index contributed by atoms with van der Waals surface area (Å²) in [6, 6.07) is 4.23. The van der Waals surface area contributed by atoms with Gasteiger partial charge in [-0.3, -0.25) is 0 Å². The van der Waals surface area contributed by atoms with Crippen molar-refractivity contribution in [1.29, 1.82) is 0 Å². The number of sulfonamides is 1. The van der Waals surface area contributed by atoms with Gasteiger partial charge in [-0.15, -0.1) is 0 Å². The fourth-order valence-corrected chi connectivity index (χ4v) is 3.47. The second kappa shape index (κ2) is 7.52. The Labute approximate surface area is 171 Å². The number of ether oxygens (including phenoxy) is 1. The quantitative estimate of drug-likeness (QED) is 0.564. The van der Waals surface area contributed by atoms with E-state index in [1.165, 1.54) is 25.3 Å². The third-order valence-corrected chi connectivity index (χ3v) is 5.21. The number of aromatic nitrogens is 1. The number of alkyl halides is 3. The molecule has 2 aromatic carbocycles. The summed E-state index contributed by atoms with van der Waals surface area (Å²) in [5, 5.41) is 8.28. The van der Waals surface area contributed by atoms with Gasteiger partial charge in [0, 0.05) is 11.1 Å². The number of hydrogen-bond donors (Lipinski definition) is 1. The van der Waals surface area contributed by atoms with Crippen molar-refractivity contribution in [2.45, 2.75) is 11.1 Å². The summed E-state index contributed by atoms with van der Waals surface area (Å²) >= 11 is 5.90. The number of primary sulfonamides is 1. The summed E-state index contributed by atoms with van der Waals surface area (Å²) in [5.74, 6) is -4.68. The first-order valence-electron chi connectivity index (χ1n) is 7.77. The second-order valence-electron chi connectivity index (χ2n) is 5.89. The minimum Gasteiger partial charge on any atom is -0.495 e. The van der Waals surface area contributed by atoms with Crippen molar-refractivity contribution < 1.29 is 39.6 Å². The van der Waals surface area contributed by atoms with E-state index in [-0.39, 0.29) is 28.5 Å². The Kier molecular flexibility index (Phi) is 5.52. The van der Waals surface area contributed by atoms with E-state index in [1.807, 2.05) is 0 Å². The molecule has 1 heterocycles. The fraction of sp³-hybridized carbons (Fsp3) is 0.118. The van der Waals surface area contributed by atoms with Crippen molar-refractivity contribution in [1.82, 2.24) is 5.16 Å². The van der Waals surface area contributed by atoms with E-state index >= 15 is 0 Å². The van der Waals surface area contributed by atoms with E-state index in [4.69, 9.17) is 21.5 Å². The third kappa shape index (κ3) is 3.98. The van der Waals surface area contributed by atoms with E-state index in [9.17, 15) is 30.4 Å². The fourth-order valence-electron chi connectivity index (χ4n) is 2.68. The first kappa shape index (κ1) is 22.0. The molecule has 1 aromatic heterocycles. The Morgan fingerprint density at radius 3 is 2.37 bits per heavy atom. The standard InChI is InChI=1S/C17H10ClF5N2O4S/c1-28-12-4-7(2-3-9(12)18)15-14(16(29-25-15)17(21,22)23)8-5-11(20)13(6-10(8)19)30(24,26)27/h2-6H,1H3,(H2,24,26,27). The van der Waals surface area contributed by atoms with Gasteiger partial charge in [0.05, 0.1) is 17.7 Å². The molecule has 0 fully saturated rings. The highest BCUT2D eigenvalue weighted by Gasteiger charge is 2.42. The molecule has 30 heavy (non-hydrogen) atoms. The van der Waals surface area contributed by atoms with E-state index < -0.39 is 55.3 Å². The minimum absolute atomic E-state index is 0.0131. The zero-order chi connectivity index (χ0) is 22.4. The van der Waals surface area contributed by atoms with Gasteiger partial charge in [-0.2, -0.15) is 13.2 Å². The molecule has 2 N–H and O–H groups in total. The maximum atomic E-state index is 14.6. The van der Waals surface area contributed by atoms with Crippen molar-refractivity contribution in [2.75, 3.05) is 7.11 Å². The smallest absolute Gasteiger partial charge is 0.453 e. The molecule has 0 atom stereocenters. The molecule has 6 nitrogen and oxygen atoms in total. The molecule has 0 unspecified atom stereocenters. The monoisotopic (exact) mass is 468 g/mol. The lowest BCUT2D eigenvalue weighted by Crippen LogP contribution is -2.15. The predicted molar refractivity (Wildman–Crippen MR) is 95.2 cm³/mol. The van der Waals surface area contributed by atoms with Gasteiger partial charge in [0.25, 0.3) is 0 Å². The van der Waals surface area contributed by atoms with Crippen LogP contribution in [-0.4, -0.2) is 20.7 Å². The van der Waals surface area contributed by atoms with Crippen LogP contribution < -0.4 is 9.88 Å². The van der Waals surface area contributed by atoms with Crippen molar-refractivity contribution in [3.63, 3.8) is 0 Å². The zero-order valence-electron chi connectivity index (χ0n) is 14.7. The summed E-state index contributed by atoms with van der Waals surface area (Å²) in [4.78, 5) is -1.22. The lowest BCUT2D eigenvalue weighted by Gasteiger charge is -2.11. The summed E-state index contributed by atoms with van der Waals surface area (Å²) in [6.45, 7) is 0. The average Bonchev–Trinajstić information content (AvgIpc) is 3.08. The van der Waals surface area contributed by atoms with Gasteiger partial charge in [0.15, 0.2) is 0 Å². The Morgan fingerprint density at radius 2 is 1.80 bits per heavy atom. The first-order valence-corrected chi connectivity index (χ1v) is 9.70. The van der Waals surface area contributed by atoms with Gasteiger partial charge in [-0.1, -0.05) is 22.8 Å². The highest BCUT2D eigenvalue weighted by molar-refractivity contribution is 7.89. The maximum absolute atomic E-state index is 14.6. The summed E-state index contributed by atoms with van der Waals surface area (Å²) in [6.07, 6.45) is -5.13. The van der Waals surface area contributed by atoms with Crippen LogP contribution in [0.15, 0.2) is 39.8 Å². The van der Waals surface area contributed by atoms with Gasteiger partial charge in [0.2, 0.25) is 15.8 Å². The van der Waals surface area contributed by atoms with Crippen LogP contribution in [0, 0.1) is 11.6 Å². The van der Waals surface area contributed by atoms with Crippen molar-refractivity contribution in [3.8, 4) is 28.1 Å².